The monoisotopic (exact) mass is 529 g/mol. The number of hydrogen-bond donors (Lipinski definition) is 0. The van der Waals surface area contributed by atoms with Gasteiger partial charge >= 0.3 is 0 Å². The van der Waals surface area contributed by atoms with Crippen LogP contribution >= 0.6 is 22.7 Å². The molecule has 0 N–H and O–H groups in total. The first-order valence-corrected chi connectivity index (χ1v) is 13.5. The van der Waals surface area contributed by atoms with Gasteiger partial charge in [0, 0.05) is 37.7 Å². The zero-order chi connectivity index (χ0) is 25.9. The Hall–Kier alpha value is -4.75. The Morgan fingerprint density at radius 1 is 0.842 bits per heavy atom. The number of hydrogen-bond acceptors (Lipinski definition) is 5. The highest BCUT2D eigenvalue weighted by atomic mass is 32.1. The van der Waals surface area contributed by atoms with Crippen LogP contribution in [0.2, 0.25) is 0 Å². The van der Waals surface area contributed by atoms with Crippen molar-refractivity contribution < 1.29 is 4.79 Å². The van der Waals surface area contributed by atoms with Crippen LogP contribution in [0.5, 0.6) is 0 Å². The summed E-state index contributed by atoms with van der Waals surface area (Å²) in [5.74, 6) is -0.286. The third-order valence-corrected chi connectivity index (χ3v) is 8.03. The zero-order valence-electron chi connectivity index (χ0n) is 19.9. The Labute approximate surface area is 226 Å². The molecule has 0 unspecified atom stereocenters. The van der Waals surface area contributed by atoms with Crippen molar-refractivity contribution in [1.29, 1.82) is 0 Å². The number of carbonyl (C=O) groups is 1. The number of amides is 1. The number of fused-ring (bicyclic) bond motifs is 1. The summed E-state index contributed by atoms with van der Waals surface area (Å²) in [7, 11) is 0. The summed E-state index contributed by atoms with van der Waals surface area (Å²) in [6.07, 6.45) is 0. The molecule has 0 bridgehead atoms. The first kappa shape index (κ1) is 23.6. The number of azide groups is 1. The highest BCUT2D eigenvalue weighted by molar-refractivity contribution is 7.21. The van der Waals surface area contributed by atoms with E-state index < -0.39 is 0 Å². The van der Waals surface area contributed by atoms with Crippen LogP contribution in [0.1, 0.15) is 9.67 Å². The molecule has 3 aromatic heterocycles. The zero-order valence-corrected chi connectivity index (χ0v) is 21.6. The predicted molar refractivity (Wildman–Crippen MR) is 157 cm³/mol. The Balaban J connectivity index is 1.62. The van der Waals surface area contributed by atoms with Gasteiger partial charge in [-0.1, -0.05) is 77.9 Å². The van der Waals surface area contributed by atoms with E-state index in [1.54, 1.807) is 16.2 Å². The minimum atomic E-state index is -0.286. The maximum absolute atomic E-state index is 14.3. The Morgan fingerprint density at radius 3 is 2.05 bits per heavy atom. The van der Waals surface area contributed by atoms with E-state index in [4.69, 9.17) is 4.98 Å². The third-order valence-electron chi connectivity index (χ3n) is 6.06. The van der Waals surface area contributed by atoms with Gasteiger partial charge in [0.15, 0.2) is 0 Å². The van der Waals surface area contributed by atoms with Crippen molar-refractivity contribution >= 4 is 55.9 Å². The van der Waals surface area contributed by atoms with E-state index in [-0.39, 0.29) is 5.91 Å². The van der Waals surface area contributed by atoms with Crippen LogP contribution in [0.25, 0.3) is 42.4 Å². The van der Waals surface area contributed by atoms with E-state index >= 15 is 0 Å². The molecular formula is C30H19N5OS2. The van der Waals surface area contributed by atoms with E-state index in [0.29, 0.717) is 32.2 Å². The molecule has 6 aromatic rings. The molecule has 0 saturated heterocycles. The quantitative estimate of drug-likeness (QED) is 0.122. The molecule has 0 aliphatic heterocycles. The average molecular weight is 530 g/mol. The largest absolute Gasteiger partial charge is 0.276 e. The SMILES string of the molecule is [N-]=[N+]=Nc1c(C(=O)N(c2ccccc2)c2ccccc2)sc2nc(-c3ccccc3)cc(-c3cccs3)c12. The van der Waals surface area contributed by atoms with Gasteiger partial charge in [-0.2, -0.15) is 0 Å². The molecular weight excluding hydrogens is 510 g/mol. The van der Waals surface area contributed by atoms with E-state index in [0.717, 1.165) is 21.7 Å². The second kappa shape index (κ2) is 10.3. The molecule has 38 heavy (non-hydrogen) atoms. The van der Waals surface area contributed by atoms with Crippen molar-refractivity contribution in [2.45, 2.75) is 0 Å². The summed E-state index contributed by atoms with van der Waals surface area (Å²) in [4.78, 5) is 26.0. The number of aromatic nitrogens is 1. The topological polar surface area (TPSA) is 82.0 Å². The molecule has 0 atom stereocenters. The predicted octanol–water partition coefficient (Wildman–Crippen LogP) is 9.61. The summed E-state index contributed by atoms with van der Waals surface area (Å²) >= 11 is 2.83. The van der Waals surface area contributed by atoms with Gasteiger partial charge in [-0.15, -0.1) is 22.7 Å². The van der Waals surface area contributed by atoms with Crippen LogP contribution in [-0.2, 0) is 0 Å². The lowest BCUT2D eigenvalue weighted by Gasteiger charge is -2.22. The first-order chi connectivity index (χ1) is 18.7. The number of pyridine rings is 1. The fourth-order valence-electron chi connectivity index (χ4n) is 4.39. The first-order valence-electron chi connectivity index (χ1n) is 11.8. The molecule has 0 aliphatic rings. The molecule has 3 aromatic carbocycles. The standard InChI is InChI=1S/C30H19N5OS2/c31-34-33-27-26-23(25-17-10-18-37-25)19-24(20-11-4-1-5-12-20)32-29(26)38-28(27)30(36)35(21-13-6-2-7-14-21)22-15-8-3-9-16-22/h1-19H. The lowest BCUT2D eigenvalue weighted by molar-refractivity contribution is 0.100. The normalized spacial score (nSPS) is 10.7. The molecule has 3 heterocycles. The van der Waals surface area contributed by atoms with Crippen LogP contribution in [0.3, 0.4) is 0 Å². The fraction of sp³-hybridized carbons (Fsp3) is 0. The fourth-order valence-corrected chi connectivity index (χ4v) is 6.20. The summed E-state index contributed by atoms with van der Waals surface area (Å²) in [6.45, 7) is 0. The Kier molecular flexibility index (Phi) is 6.42. The van der Waals surface area contributed by atoms with Crippen molar-refractivity contribution in [3.63, 3.8) is 0 Å². The third kappa shape index (κ3) is 4.33. The number of carbonyl (C=O) groups excluding carboxylic acids is 1. The number of thiophene rings is 2. The maximum atomic E-state index is 14.3. The van der Waals surface area contributed by atoms with Gasteiger partial charge in [-0.25, -0.2) is 4.98 Å². The van der Waals surface area contributed by atoms with Gasteiger partial charge in [0.1, 0.15) is 9.71 Å². The molecule has 0 aliphatic carbocycles. The number of para-hydroxylation sites is 2. The second-order valence-corrected chi connectivity index (χ2v) is 10.3. The van der Waals surface area contributed by atoms with Gasteiger partial charge in [0.05, 0.1) is 11.4 Å². The number of anilines is 2. The van der Waals surface area contributed by atoms with Crippen molar-refractivity contribution in [3.8, 4) is 21.7 Å². The van der Waals surface area contributed by atoms with Crippen molar-refractivity contribution in [2.75, 3.05) is 4.90 Å². The molecule has 182 valence electrons. The van der Waals surface area contributed by atoms with Crippen LogP contribution < -0.4 is 4.90 Å². The van der Waals surface area contributed by atoms with E-state index in [1.165, 1.54) is 11.3 Å². The Morgan fingerprint density at radius 2 is 1.47 bits per heavy atom. The van der Waals surface area contributed by atoms with Crippen molar-refractivity contribution in [3.05, 3.63) is 130 Å². The van der Waals surface area contributed by atoms with Crippen molar-refractivity contribution in [2.24, 2.45) is 5.11 Å². The number of rotatable bonds is 6. The van der Waals surface area contributed by atoms with Gasteiger partial charge < -0.3 is 0 Å². The van der Waals surface area contributed by atoms with Gasteiger partial charge in [-0.3, -0.25) is 9.69 Å². The van der Waals surface area contributed by atoms with Gasteiger partial charge in [0.2, 0.25) is 0 Å². The number of benzene rings is 3. The molecule has 1 amide bonds. The van der Waals surface area contributed by atoms with Gasteiger partial charge in [0.25, 0.3) is 5.91 Å². The maximum Gasteiger partial charge on any atom is 0.273 e. The summed E-state index contributed by atoms with van der Waals surface area (Å²) in [6, 6.07) is 34.8. The summed E-state index contributed by atoms with van der Waals surface area (Å²) in [5, 5.41) is 6.75. The minimum absolute atomic E-state index is 0.286. The van der Waals surface area contributed by atoms with Crippen LogP contribution in [-0.4, -0.2) is 10.9 Å². The molecule has 0 fully saturated rings. The van der Waals surface area contributed by atoms with E-state index in [2.05, 4.69) is 10.0 Å². The molecule has 8 heteroatoms. The molecule has 0 spiro atoms. The van der Waals surface area contributed by atoms with Crippen LogP contribution in [0.15, 0.2) is 120 Å². The molecule has 6 rings (SSSR count). The van der Waals surface area contributed by atoms with E-state index in [9.17, 15) is 10.3 Å². The van der Waals surface area contributed by atoms with E-state index in [1.807, 2.05) is 115 Å². The second-order valence-electron chi connectivity index (χ2n) is 8.36. The lowest BCUT2D eigenvalue weighted by atomic mass is 10.0. The lowest BCUT2D eigenvalue weighted by Crippen LogP contribution is -2.25. The highest BCUT2D eigenvalue weighted by Crippen LogP contribution is 2.46. The van der Waals surface area contributed by atoms with Crippen molar-refractivity contribution in [1.82, 2.24) is 4.98 Å². The molecule has 0 radical (unpaired) electrons. The average Bonchev–Trinajstić information content (AvgIpc) is 3.64. The van der Waals surface area contributed by atoms with Gasteiger partial charge in [-0.05, 0) is 47.3 Å². The molecule has 0 saturated carbocycles. The minimum Gasteiger partial charge on any atom is -0.276 e. The summed E-state index contributed by atoms with van der Waals surface area (Å²) in [5.41, 5.74) is 13.9. The summed E-state index contributed by atoms with van der Waals surface area (Å²) < 4.78 is 0. The smallest absolute Gasteiger partial charge is 0.273 e. The molecule has 6 nitrogen and oxygen atoms in total. The van der Waals surface area contributed by atoms with Crippen LogP contribution in [0.4, 0.5) is 17.1 Å². The number of nitrogens with zero attached hydrogens (tertiary/aromatic N) is 5. The van der Waals surface area contributed by atoms with Crippen LogP contribution in [0, 0.1) is 0 Å². The Bertz CT molecular complexity index is 1740. The highest BCUT2D eigenvalue weighted by Gasteiger charge is 2.28.